The summed E-state index contributed by atoms with van der Waals surface area (Å²) in [6.07, 6.45) is 3.42. The predicted octanol–water partition coefficient (Wildman–Crippen LogP) is 5.36. The first kappa shape index (κ1) is 30.7. The van der Waals surface area contributed by atoms with Crippen molar-refractivity contribution in [3.63, 3.8) is 0 Å². The Morgan fingerprint density at radius 2 is 1.80 bits per heavy atom. The Bertz CT molecular complexity index is 1710. The fourth-order valence-corrected chi connectivity index (χ4v) is 4.82. The zero-order valence-corrected chi connectivity index (χ0v) is 23.7. The maximum Gasteiger partial charge on any atom is 0.573 e. The monoisotopic (exact) mass is 608 g/mol. The Morgan fingerprint density at radius 3 is 2.59 bits per heavy atom. The smallest absolute Gasteiger partial charge is 0.448 e. The molecule has 44 heavy (non-hydrogen) atoms. The van der Waals surface area contributed by atoms with Gasteiger partial charge in [-0.25, -0.2) is 9.97 Å². The second kappa shape index (κ2) is 14.1. The number of ether oxygens (including phenoxy) is 2. The van der Waals surface area contributed by atoms with Crippen LogP contribution in [0.3, 0.4) is 0 Å². The van der Waals surface area contributed by atoms with E-state index in [1.807, 2.05) is 18.2 Å². The number of aromatic nitrogens is 3. The number of anilines is 1. The minimum atomic E-state index is -4.78. The number of alkyl halides is 3. The van der Waals surface area contributed by atoms with Crippen LogP contribution in [0.2, 0.25) is 0 Å². The van der Waals surface area contributed by atoms with Crippen molar-refractivity contribution >= 4 is 33.4 Å². The van der Waals surface area contributed by atoms with E-state index in [4.69, 9.17) is 19.9 Å². The van der Waals surface area contributed by atoms with Gasteiger partial charge in [0.05, 0.1) is 18.3 Å². The van der Waals surface area contributed by atoms with Crippen molar-refractivity contribution in [2.75, 3.05) is 31.6 Å². The number of carbonyl (C=O) groups is 1. The summed E-state index contributed by atoms with van der Waals surface area (Å²) in [5.41, 5.74) is 7.76. The molecule has 5 rings (SSSR count). The molecule has 5 aromatic rings. The Hall–Kier alpha value is -4.75. The molecule has 230 valence electrons. The number of nitrogens with one attached hydrogen (secondary N) is 2. The van der Waals surface area contributed by atoms with Gasteiger partial charge in [-0.2, -0.15) is 0 Å². The lowest BCUT2D eigenvalue weighted by molar-refractivity contribution is -0.274. The summed E-state index contributed by atoms with van der Waals surface area (Å²) in [7, 11) is 0. The normalized spacial score (nSPS) is 11.7. The van der Waals surface area contributed by atoms with Crippen LogP contribution in [-0.2, 0) is 17.7 Å². The summed E-state index contributed by atoms with van der Waals surface area (Å²) in [6, 6.07) is 11.6. The van der Waals surface area contributed by atoms with Crippen molar-refractivity contribution in [3.8, 4) is 5.75 Å². The van der Waals surface area contributed by atoms with Crippen LogP contribution in [0, 0.1) is 0 Å². The van der Waals surface area contributed by atoms with Gasteiger partial charge in [0.15, 0.2) is 6.39 Å². The third-order valence-corrected chi connectivity index (χ3v) is 6.76. The maximum absolute atomic E-state index is 12.8. The maximum atomic E-state index is 12.8. The highest BCUT2D eigenvalue weighted by Gasteiger charge is 2.31. The Labute approximate surface area is 250 Å². The molecular formula is C31H31F3N6O4. The lowest BCUT2D eigenvalue weighted by Gasteiger charge is -2.13. The van der Waals surface area contributed by atoms with Crippen LogP contribution in [-0.4, -0.2) is 53.5 Å². The second-order valence-electron chi connectivity index (χ2n) is 10.1. The van der Waals surface area contributed by atoms with Gasteiger partial charge >= 0.3 is 6.36 Å². The Balaban J connectivity index is 1.05. The van der Waals surface area contributed by atoms with Crippen LogP contribution in [0.5, 0.6) is 5.75 Å². The molecule has 0 atom stereocenters. The number of carbonyl (C=O) groups excluding carboxylic acids is 1. The van der Waals surface area contributed by atoms with E-state index in [9.17, 15) is 18.0 Å². The predicted molar refractivity (Wildman–Crippen MR) is 158 cm³/mol. The van der Waals surface area contributed by atoms with Crippen LogP contribution in [0.4, 0.5) is 19.0 Å². The molecule has 0 saturated carbocycles. The number of primary amides is 1. The molecular weight excluding hydrogens is 577 g/mol. The van der Waals surface area contributed by atoms with E-state index in [2.05, 4.69) is 25.3 Å². The number of nitrogens with two attached hydrogens (primary N) is 1. The number of rotatable bonds is 15. The van der Waals surface area contributed by atoms with Crippen molar-refractivity contribution in [1.29, 1.82) is 0 Å². The lowest BCUT2D eigenvalue weighted by atomic mass is 10.1. The summed E-state index contributed by atoms with van der Waals surface area (Å²) in [6.45, 7) is 2.58. The molecule has 1 amide bonds. The van der Waals surface area contributed by atoms with Crippen molar-refractivity contribution in [3.05, 3.63) is 89.9 Å². The Kier molecular flexibility index (Phi) is 9.87. The molecule has 0 aliphatic carbocycles. The number of fused-ring (bicyclic) bond motifs is 3. The highest BCUT2D eigenvalue weighted by atomic mass is 19.4. The van der Waals surface area contributed by atoms with Gasteiger partial charge < -0.3 is 30.3 Å². The van der Waals surface area contributed by atoms with E-state index in [1.54, 1.807) is 24.5 Å². The fraction of sp³-hybridized carbons (Fsp3) is 0.290. The molecule has 13 heteroatoms. The molecule has 0 aliphatic heterocycles. The standard InChI is InChI=1S/C31H31F3N6O4/c32-31(33,34)44-23-12-20(13-24-17-38-19-43-24)11-21(14-23)16-36-6-1-2-9-42-10-8-39-30-26-5-7-37-18-27(26)25-4-3-22(29(35)41)15-28(25)40-30/h3-5,7,11-12,14-15,17-19,36H,1-2,6,8-10,13,16H2,(H2,35,41)(H,39,40). The van der Waals surface area contributed by atoms with Crippen LogP contribution in [0.25, 0.3) is 21.7 Å². The molecule has 3 heterocycles. The Morgan fingerprint density at radius 1 is 0.932 bits per heavy atom. The van der Waals surface area contributed by atoms with Crippen LogP contribution in [0.15, 0.2) is 71.9 Å². The molecule has 0 unspecified atom stereocenters. The van der Waals surface area contributed by atoms with Crippen molar-refractivity contribution in [1.82, 2.24) is 20.3 Å². The average Bonchev–Trinajstić information content (AvgIpc) is 3.49. The van der Waals surface area contributed by atoms with Gasteiger partial charge in [0.25, 0.3) is 0 Å². The van der Waals surface area contributed by atoms with Crippen LogP contribution in [0.1, 0.15) is 40.1 Å². The van der Waals surface area contributed by atoms with Gasteiger partial charge in [-0.3, -0.25) is 9.78 Å². The molecule has 4 N–H and O–H groups in total. The van der Waals surface area contributed by atoms with E-state index in [1.165, 1.54) is 24.7 Å². The van der Waals surface area contributed by atoms with E-state index in [0.717, 1.165) is 29.0 Å². The van der Waals surface area contributed by atoms with E-state index >= 15 is 0 Å². The number of pyridine rings is 2. The summed E-state index contributed by atoms with van der Waals surface area (Å²) < 4.78 is 53.6. The molecule has 0 bridgehead atoms. The van der Waals surface area contributed by atoms with Gasteiger partial charge in [-0.1, -0.05) is 12.1 Å². The first-order chi connectivity index (χ1) is 21.2. The number of unbranched alkanes of at least 4 members (excludes halogenated alkanes) is 1. The number of oxazole rings is 1. The number of hydrogen-bond acceptors (Lipinski definition) is 9. The molecule has 2 aromatic carbocycles. The molecule has 3 aromatic heterocycles. The summed E-state index contributed by atoms with van der Waals surface area (Å²) >= 11 is 0. The van der Waals surface area contributed by atoms with Crippen molar-refractivity contribution in [2.45, 2.75) is 32.2 Å². The van der Waals surface area contributed by atoms with Gasteiger partial charge in [-0.05, 0) is 60.8 Å². The number of halogens is 3. The largest absolute Gasteiger partial charge is 0.573 e. The van der Waals surface area contributed by atoms with Gasteiger partial charge in [0.2, 0.25) is 5.91 Å². The minimum absolute atomic E-state index is 0.271. The fourth-order valence-electron chi connectivity index (χ4n) is 4.82. The van der Waals surface area contributed by atoms with E-state index in [0.29, 0.717) is 73.1 Å². The SMILES string of the molecule is NC(=O)c1ccc2c(c1)nc(NCCOCCCCNCc1cc(Cc3cnco3)cc(OC(F)(F)F)c1)c1ccncc12. The van der Waals surface area contributed by atoms with Gasteiger partial charge in [-0.15, -0.1) is 13.2 Å². The molecule has 0 radical (unpaired) electrons. The number of benzene rings is 2. The number of hydrogen-bond donors (Lipinski definition) is 3. The molecule has 0 fully saturated rings. The average molecular weight is 609 g/mol. The third kappa shape index (κ3) is 8.42. The molecule has 10 nitrogen and oxygen atoms in total. The first-order valence-electron chi connectivity index (χ1n) is 14.0. The summed E-state index contributed by atoms with van der Waals surface area (Å²) in [4.78, 5) is 24.4. The second-order valence-corrected chi connectivity index (χ2v) is 10.1. The van der Waals surface area contributed by atoms with E-state index in [-0.39, 0.29) is 5.75 Å². The molecule has 0 saturated heterocycles. The first-order valence-corrected chi connectivity index (χ1v) is 14.0. The zero-order valence-electron chi connectivity index (χ0n) is 23.7. The highest BCUT2D eigenvalue weighted by molar-refractivity contribution is 6.11. The summed E-state index contributed by atoms with van der Waals surface area (Å²) in [5.74, 6) is 0.419. The quantitative estimate of drug-likeness (QED) is 0.106. The third-order valence-electron chi connectivity index (χ3n) is 6.76. The number of nitrogens with zero attached hydrogens (tertiary/aromatic N) is 3. The van der Waals surface area contributed by atoms with Crippen molar-refractivity contribution < 1.29 is 31.9 Å². The number of amides is 1. The zero-order chi connectivity index (χ0) is 30.9. The van der Waals surface area contributed by atoms with Crippen LogP contribution >= 0.6 is 0 Å². The van der Waals surface area contributed by atoms with Gasteiger partial charge in [0, 0.05) is 60.2 Å². The highest BCUT2D eigenvalue weighted by Crippen LogP contribution is 2.29. The molecule has 0 spiro atoms. The van der Waals surface area contributed by atoms with Crippen LogP contribution < -0.4 is 21.1 Å². The van der Waals surface area contributed by atoms with Gasteiger partial charge in [0.1, 0.15) is 17.3 Å². The summed E-state index contributed by atoms with van der Waals surface area (Å²) in [5, 5.41) is 9.27. The minimum Gasteiger partial charge on any atom is -0.448 e. The van der Waals surface area contributed by atoms with Crippen molar-refractivity contribution in [2.24, 2.45) is 5.73 Å². The van der Waals surface area contributed by atoms with E-state index < -0.39 is 12.3 Å². The lowest BCUT2D eigenvalue weighted by Crippen LogP contribution is -2.18. The topological polar surface area (TPSA) is 137 Å². The molecule has 0 aliphatic rings.